The molecule has 1 aliphatic rings. The number of carboxylic acid groups (broad SMARTS) is 1. The van der Waals surface area contributed by atoms with Crippen molar-refractivity contribution in [2.24, 2.45) is 0 Å². The molecule has 0 radical (unpaired) electrons. The van der Waals surface area contributed by atoms with Crippen LogP contribution in [0.25, 0.3) is 0 Å². The molecule has 1 aromatic rings. The Bertz CT molecular complexity index is 736. The topological polar surface area (TPSA) is 121 Å². The molecule has 10 heteroatoms. The van der Waals surface area contributed by atoms with Crippen LogP contribution in [0.1, 0.15) is 22.2 Å². The van der Waals surface area contributed by atoms with Gasteiger partial charge >= 0.3 is 5.97 Å². The maximum absolute atomic E-state index is 12.6. The molecule has 1 saturated heterocycles. The third-order valence-corrected chi connectivity index (χ3v) is 6.37. The van der Waals surface area contributed by atoms with E-state index >= 15 is 0 Å². The molecule has 1 atom stereocenters. The monoisotopic (exact) mass is 332 g/mol. The number of carboxylic acids is 1. The lowest BCUT2D eigenvalue weighted by atomic mass is 10.2. The van der Waals surface area contributed by atoms with Gasteiger partial charge in [0.25, 0.3) is 0 Å². The number of thiophene rings is 1. The van der Waals surface area contributed by atoms with E-state index in [1.807, 2.05) is 5.32 Å². The second-order valence-electron chi connectivity index (χ2n) is 4.52. The number of amides is 2. The number of nitrogens with zero attached hydrogens (tertiary/aromatic N) is 1. The molecule has 2 heterocycles. The van der Waals surface area contributed by atoms with Gasteiger partial charge in [-0.2, -0.15) is 4.31 Å². The molecular formula is C11H12N2O6S2. The molecule has 1 fully saturated rings. The molecular weight excluding hydrogens is 320 g/mol. The maximum Gasteiger partial charge on any atom is 0.347 e. The van der Waals surface area contributed by atoms with Gasteiger partial charge in [-0.15, -0.1) is 11.3 Å². The molecule has 2 amide bonds. The van der Waals surface area contributed by atoms with Crippen molar-refractivity contribution in [1.82, 2.24) is 9.62 Å². The highest BCUT2D eigenvalue weighted by Crippen LogP contribution is 2.31. The van der Waals surface area contributed by atoms with E-state index in [1.165, 1.54) is 19.2 Å². The predicted molar refractivity (Wildman–Crippen MR) is 72.5 cm³/mol. The van der Waals surface area contributed by atoms with E-state index in [1.54, 1.807) is 0 Å². The van der Waals surface area contributed by atoms with Crippen LogP contribution in [0.2, 0.25) is 0 Å². The fraction of sp³-hybridized carbons (Fsp3) is 0.364. The largest absolute Gasteiger partial charge is 0.477 e. The van der Waals surface area contributed by atoms with E-state index in [0.29, 0.717) is 0 Å². The average molecular weight is 332 g/mol. The first kappa shape index (κ1) is 15.6. The van der Waals surface area contributed by atoms with Crippen LogP contribution in [0.3, 0.4) is 0 Å². The Hall–Kier alpha value is -1.78. The summed E-state index contributed by atoms with van der Waals surface area (Å²) >= 11 is 0.787. The van der Waals surface area contributed by atoms with Crippen LogP contribution in [0.5, 0.6) is 0 Å². The van der Waals surface area contributed by atoms with Crippen LogP contribution < -0.4 is 5.32 Å². The molecule has 114 valence electrons. The molecule has 0 aliphatic carbocycles. The summed E-state index contributed by atoms with van der Waals surface area (Å²) in [5.74, 6) is -2.85. The van der Waals surface area contributed by atoms with Crippen molar-refractivity contribution in [2.45, 2.75) is 24.8 Å². The highest BCUT2D eigenvalue weighted by atomic mass is 32.2. The number of carbonyl (C=O) groups excluding carboxylic acids is 2. The fourth-order valence-electron chi connectivity index (χ4n) is 2.00. The van der Waals surface area contributed by atoms with Crippen LogP contribution >= 0.6 is 11.3 Å². The number of aryl methyl sites for hydroxylation is 1. The Balaban J connectivity index is 2.57. The molecule has 2 N–H and O–H groups in total. The first-order chi connectivity index (χ1) is 9.66. The van der Waals surface area contributed by atoms with Crippen LogP contribution in [-0.2, 0) is 19.6 Å². The smallest absolute Gasteiger partial charge is 0.347 e. The van der Waals surface area contributed by atoms with Gasteiger partial charge in [0, 0.05) is 0 Å². The van der Waals surface area contributed by atoms with Crippen LogP contribution in [0.4, 0.5) is 0 Å². The highest BCUT2D eigenvalue weighted by molar-refractivity contribution is 7.89. The van der Waals surface area contributed by atoms with Crippen molar-refractivity contribution < 1.29 is 27.9 Å². The van der Waals surface area contributed by atoms with Gasteiger partial charge in [0.05, 0.1) is 6.54 Å². The van der Waals surface area contributed by atoms with Crippen LogP contribution in [0, 0.1) is 6.92 Å². The number of hydrogen-bond acceptors (Lipinski definition) is 6. The van der Waals surface area contributed by atoms with E-state index in [4.69, 9.17) is 5.11 Å². The van der Waals surface area contributed by atoms with E-state index in [9.17, 15) is 22.8 Å². The van der Waals surface area contributed by atoms with Crippen LogP contribution in [0.15, 0.2) is 10.3 Å². The molecule has 0 saturated carbocycles. The quantitative estimate of drug-likeness (QED) is 0.739. The van der Waals surface area contributed by atoms with E-state index < -0.39 is 40.4 Å². The number of piperazine rings is 1. The SMILES string of the molecule is Cc1csc(C(=O)O)c1S(=O)(=O)N1CC(=O)NC(=O)C1C. The lowest BCUT2D eigenvalue weighted by molar-refractivity contribution is -0.136. The van der Waals surface area contributed by atoms with E-state index in [2.05, 4.69) is 0 Å². The van der Waals surface area contributed by atoms with Crippen molar-refractivity contribution in [3.63, 3.8) is 0 Å². The summed E-state index contributed by atoms with van der Waals surface area (Å²) in [5.41, 5.74) is 0.267. The number of carbonyl (C=O) groups is 3. The number of hydrogen-bond donors (Lipinski definition) is 2. The zero-order valence-corrected chi connectivity index (χ0v) is 12.7. The van der Waals surface area contributed by atoms with Gasteiger partial charge in [0.1, 0.15) is 15.8 Å². The standard InChI is InChI=1S/C11H12N2O6S2/c1-5-4-20-8(11(16)17)9(5)21(18,19)13-3-7(14)12-10(15)6(13)2/h4,6H,3H2,1-2H3,(H,16,17)(H,12,14,15). The minimum Gasteiger partial charge on any atom is -0.477 e. The van der Waals surface area contributed by atoms with Gasteiger partial charge in [0.15, 0.2) is 0 Å². The number of rotatable bonds is 3. The zero-order chi connectivity index (χ0) is 15.9. The normalized spacial score (nSPS) is 20.4. The van der Waals surface area contributed by atoms with Crippen molar-refractivity contribution in [3.05, 3.63) is 15.8 Å². The molecule has 1 unspecified atom stereocenters. The van der Waals surface area contributed by atoms with Gasteiger partial charge in [-0.1, -0.05) is 0 Å². The number of nitrogens with one attached hydrogen (secondary N) is 1. The van der Waals surface area contributed by atoms with E-state index in [-0.39, 0.29) is 15.3 Å². The molecule has 1 aromatic heterocycles. The van der Waals surface area contributed by atoms with Crippen LogP contribution in [-0.4, -0.2) is 48.2 Å². The van der Waals surface area contributed by atoms with Gasteiger partial charge in [-0.25, -0.2) is 13.2 Å². The predicted octanol–water partition coefficient (Wildman–Crippen LogP) is -0.210. The van der Waals surface area contributed by atoms with Crippen molar-refractivity contribution >= 4 is 39.1 Å². The summed E-state index contributed by atoms with van der Waals surface area (Å²) in [6.07, 6.45) is 0. The fourth-order valence-corrected chi connectivity index (χ4v) is 5.14. The van der Waals surface area contributed by atoms with E-state index in [0.717, 1.165) is 15.6 Å². The maximum atomic E-state index is 12.6. The molecule has 2 rings (SSSR count). The molecule has 8 nitrogen and oxygen atoms in total. The Morgan fingerprint density at radius 1 is 1.48 bits per heavy atom. The number of imide groups is 1. The van der Waals surface area contributed by atoms with Crippen molar-refractivity contribution in [2.75, 3.05) is 6.54 Å². The zero-order valence-electron chi connectivity index (χ0n) is 11.1. The van der Waals surface area contributed by atoms with Gasteiger partial charge in [0.2, 0.25) is 21.8 Å². The van der Waals surface area contributed by atoms with Gasteiger partial charge in [-0.05, 0) is 24.8 Å². The molecule has 0 aromatic carbocycles. The Kier molecular flexibility index (Phi) is 3.87. The van der Waals surface area contributed by atoms with Crippen molar-refractivity contribution in [3.8, 4) is 0 Å². The Morgan fingerprint density at radius 2 is 2.10 bits per heavy atom. The molecule has 0 bridgehead atoms. The molecule has 21 heavy (non-hydrogen) atoms. The molecule has 1 aliphatic heterocycles. The Morgan fingerprint density at radius 3 is 2.67 bits per heavy atom. The first-order valence-corrected chi connectivity index (χ1v) is 8.15. The summed E-state index contributed by atoms with van der Waals surface area (Å²) in [6, 6.07) is -1.09. The summed E-state index contributed by atoms with van der Waals surface area (Å²) in [5, 5.41) is 12.5. The third-order valence-electron chi connectivity index (χ3n) is 3.05. The van der Waals surface area contributed by atoms with Gasteiger partial charge < -0.3 is 5.11 Å². The second kappa shape index (κ2) is 5.20. The number of aromatic carboxylic acids is 1. The van der Waals surface area contributed by atoms with Crippen molar-refractivity contribution in [1.29, 1.82) is 0 Å². The first-order valence-electron chi connectivity index (χ1n) is 5.83. The number of sulfonamides is 1. The molecule has 0 spiro atoms. The second-order valence-corrected chi connectivity index (χ2v) is 7.23. The van der Waals surface area contributed by atoms with Gasteiger partial charge in [-0.3, -0.25) is 14.9 Å². The highest BCUT2D eigenvalue weighted by Gasteiger charge is 2.41. The summed E-state index contributed by atoms with van der Waals surface area (Å²) < 4.78 is 26.0. The average Bonchev–Trinajstić information content (AvgIpc) is 2.76. The summed E-state index contributed by atoms with van der Waals surface area (Å²) in [7, 11) is -4.26. The lowest BCUT2D eigenvalue weighted by Crippen LogP contribution is -2.58. The lowest BCUT2D eigenvalue weighted by Gasteiger charge is -2.30. The third kappa shape index (κ3) is 2.57. The summed E-state index contributed by atoms with van der Waals surface area (Å²) in [4.78, 5) is 33.4. The summed E-state index contributed by atoms with van der Waals surface area (Å²) in [6.45, 7) is 2.28. The Labute approximate surface area is 124 Å². The minimum absolute atomic E-state index is 0.267. The minimum atomic E-state index is -4.26.